The van der Waals surface area contributed by atoms with Crippen molar-refractivity contribution in [3.63, 3.8) is 0 Å². The SMILES string of the molecule is COc1cc(CCC(CC(=O)CC2c3cc(OC)c(O)cc3C(CNCO)=CC3CCCCC32)OC(C)=O)ccc1O. The van der Waals surface area contributed by atoms with Crippen LogP contribution in [-0.2, 0) is 20.7 Å². The van der Waals surface area contributed by atoms with Crippen LogP contribution in [-0.4, -0.2) is 60.7 Å². The van der Waals surface area contributed by atoms with E-state index in [0.29, 0.717) is 30.9 Å². The molecular formula is C33H43NO8. The summed E-state index contributed by atoms with van der Waals surface area (Å²) in [5, 5.41) is 33.0. The molecule has 2 aromatic carbocycles. The zero-order valence-corrected chi connectivity index (χ0v) is 24.7. The molecule has 0 aliphatic heterocycles. The first-order chi connectivity index (χ1) is 20.2. The van der Waals surface area contributed by atoms with Gasteiger partial charge >= 0.3 is 5.97 Å². The molecular weight excluding hydrogens is 538 g/mol. The fourth-order valence-electron chi connectivity index (χ4n) is 6.64. The van der Waals surface area contributed by atoms with Crippen LogP contribution in [0.25, 0.3) is 5.57 Å². The maximum absolute atomic E-state index is 13.7. The number of fused-ring (bicyclic) bond motifs is 2. The number of ketones is 1. The van der Waals surface area contributed by atoms with E-state index in [-0.39, 0.29) is 54.6 Å². The van der Waals surface area contributed by atoms with Gasteiger partial charge in [-0.15, -0.1) is 0 Å². The van der Waals surface area contributed by atoms with Crippen LogP contribution in [0, 0.1) is 11.8 Å². The van der Waals surface area contributed by atoms with Gasteiger partial charge in [0.25, 0.3) is 0 Å². The number of carbonyl (C=O) groups is 2. The number of methoxy groups -OCH3 is 2. The van der Waals surface area contributed by atoms with Gasteiger partial charge in [-0.25, -0.2) is 0 Å². The molecule has 4 atom stereocenters. The van der Waals surface area contributed by atoms with Gasteiger partial charge < -0.3 is 29.5 Å². The highest BCUT2D eigenvalue weighted by Crippen LogP contribution is 2.50. The quantitative estimate of drug-likeness (QED) is 0.193. The van der Waals surface area contributed by atoms with E-state index in [1.165, 1.54) is 21.1 Å². The molecule has 2 aliphatic carbocycles. The molecule has 4 unspecified atom stereocenters. The predicted molar refractivity (Wildman–Crippen MR) is 159 cm³/mol. The average Bonchev–Trinajstić information content (AvgIpc) is 3.09. The maximum atomic E-state index is 13.7. The summed E-state index contributed by atoms with van der Waals surface area (Å²) in [6.45, 7) is 1.62. The van der Waals surface area contributed by atoms with Crippen molar-refractivity contribution < 1.29 is 39.1 Å². The summed E-state index contributed by atoms with van der Waals surface area (Å²) >= 11 is 0. The van der Waals surface area contributed by atoms with Gasteiger partial charge in [-0.2, -0.15) is 0 Å². The molecule has 9 heteroatoms. The van der Waals surface area contributed by atoms with E-state index in [0.717, 1.165) is 47.9 Å². The van der Waals surface area contributed by atoms with Crippen LogP contribution in [0.15, 0.2) is 36.4 Å². The third-order valence-electron chi connectivity index (χ3n) is 8.57. The van der Waals surface area contributed by atoms with Crippen LogP contribution in [0.5, 0.6) is 23.0 Å². The standard InChI is InChI=1S/C33H43NO8/c1-20(36)42-25(10-8-21-9-11-30(38)32(12-21)40-2)14-24(37)15-28-26-7-5-4-6-22(26)13-23(18-34-19-35)27-16-31(39)33(41-3)17-29(27)28/h9,11-13,16-17,22,25-26,28,34-35,38-39H,4-8,10,14-15,18-19H2,1-3H3. The smallest absolute Gasteiger partial charge is 0.302 e. The highest BCUT2D eigenvalue weighted by atomic mass is 16.5. The number of aryl methyl sites for hydroxylation is 1. The van der Waals surface area contributed by atoms with Gasteiger partial charge in [0.1, 0.15) is 11.9 Å². The molecule has 0 aromatic heterocycles. The van der Waals surface area contributed by atoms with E-state index in [2.05, 4.69) is 11.4 Å². The lowest BCUT2D eigenvalue weighted by molar-refractivity contribution is -0.147. The Morgan fingerprint density at radius 3 is 2.48 bits per heavy atom. The number of hydrogen-bond donors (Lipinski definition) is 4. The second kappa shape index (κ2) is 14.6. The minimum absolute atomic E-state index is 0.00813. The van der Waals surface area contributed by atoms with E-state index < -0.39 is 12.1 Å². The number of nitrogens with one attached hydrogen (secondary N) is 1. The molecule has 228 valence electrons. The number of aliphatic hydroxyl groups is 1. The Kier molecular flexibility index (Phi) is 10.9. The number of allylic oxidation sites excluding steroid dienone is 1. The number of phenolic OH excluding ortho intramolecular Hbond substituents is 2. The zero-order valence-electron chi connectivity index (χ0n) is 24.7. The van der Waals surface area contributed by atoms with E-state index in [1.54, 1.807) is 24.3 Å². The van der Waals surface area contributed by atoms with Crippen molar-refractivity contribution in [2.45, 2.75) is 70.3 Å². The number of phenols is 2. The molecule has 1 saturated carbocycles. The average molecular weight is 582 g/mol. The van der Waals surface area contributed by atoms with E-state index in [1.807, 2.05) is 6.07 Å². The van der Waals surface area contributed by atoms with Gasteiger partial charge in [-0.3, -0.25) is 14.9 Å². The summed E-state index contributed by atoms with van der Waals surface area (Å²) < 4.78 is 16.3. The van der Waals surface area contributed by atoms with Crippen LogP contribution >= 0.6 is 0 Å². The van der Waals surface area contributed by atoms with Crippen LogP contribution < -0.4 is 14.8 Å². The normalized spacial score (nSPS) is 20.4. The lowest BCUT2D eigenvalue weighted by Crippen LogP contribution is -2.27. The first-order valence-corrected chi connectivity index (χ1v) is 14.7. The summed E-state index contributed by atoms with van der Waals surface area (Å²) in [5.74, 6) is 0.772. The minimum atomic E-state index is -0.584. The number of ether oxygens (including phenoxy) is 3. The number of aliphatic hydroxyl groups excluding tert-OH is 1. The fraction of sp³-hybridized carbons (Fsp3) is 0.515. The molecule has 0 amide bonds. The highest BCUT2D eigenvalue weighted by Gasteiger charge is 2.38. The topological polar surface area (TPSA) is 135 Å². The predicted octanol–water partition coefficient (Wildman–Crippen LogP) is 4.86. The van der Waals surface area contributed by atoms with Crippen molar-refractivity contribution in [2.75, 3.05) is 27.5 Å². The third kappa shape index (κ3) is 7.63. The highest BCUT2D eigenvalue weighted by molar-refractivity contribution is 5.82. The van der Waals surface area contributed by atoms with Gasteiger partial charge in [0.05, 0.1) is 21.0 Å². The van der Waals surface area contributed by atoms with Crippen molar-refractivity contribution in [2.24, 2.45) is 11.8 Å². The van der Waals surface area contributed by atoms with Gasteiger partial charge in [0.2, 0.25) is 0 Å². The van der Waals surface area contributed by atoms with Crippen LogP contribution in [0.3, 0.4) is 0 Å². The molecule has 4 N–H and O–H groups in total. The Morgan fingerprint density at radius 1 is 1.02 bits per heavy atom. The van der Waals surface area contributed by atoms with Crippen molar-refractivity contribution in [1.82, 2.24) is 5.32 Å². The maximum Gasteiger partial charge on any atom is 0.302 e. The van der Waals surface area contributed by atoms with E-state index in [4.69, 9.17) is 14.2 Å². The number of esters is 1. The molecule has 0 saturated heterocycles. The van der Waals surface area contributed by atoms with Crippen molar-refractivity contribution in [3.05, 3.63) is 53.1 Å². The lowest BCUT2D eigenvalue weighted by Gasteiger charge is -2.35. The summed E-state index contributed by atoms with van der Waals surface area (Å²) in [7, 11) is 3.00. The molecule has 0 bridgehead atoms. The summed E-state index contributed by atoms with van der Waals surface area (Å²) in [6.07, 6.45) is 7.24. The first kappa shape index (κ1) is 31.4. The van der Waals surface area contributed by atoms with Crippen LogP contribution in [0.4, 0.5) is 0 Å². The van der Waals surface area contributed by atoms with Gasteiger partial charge in [-0.1, -0.05) is 25.0 Å². The second-order valence-corrected chi connectivity index (χ2v) is 11.3. The number of aromatic hydroxyl groups is 2. The Morgan fingerprint density at radius 2 is 1.76 bits per heavy atom. The Balaban J connectivity index is 1.59. The molecule has 2 aliphatic rings. The fourth-order valence-corrected chi connectivity index (χ4v) is 6.64. The molecule has 0 spiro atoms. The number of carbonyl (C=O) groups excluding carboxylic acids is 2. The Hall–Kier alpha value is -3.56. The number of benzene rings is 2. The third-order valence-corrected chi connectivity index (χ3v) is 8.57. The van der Waals surface area contributed by atoms with Gasteiger partial charge in [0.15, 0.2) is 23.0 Å². The largest absolute Gasteiger partial charge is 0.504 e. The summed E-state index contributed by atoms with van der Waals surface area (Å²) in [6, 6.07) is 8.66. The molecule has 4 rings (SSSR count). The minimum Gasteiger partial charge on any atom is -0.504 e. The van der Waals surface area contributed by atoms with Crippen LogP contribution in [0.1, 0.15) is 74.5 Å². The first-order valence-electron chi connectivity index (χ1n) is 14.7. The number of Topliss-reactive ketones (excluding diaryl/α,β-unsaturated/α-hetero) is 1. The molecule has 0 radical (unpaired) electrons. The zero-order chi connectivity index (χ0) is 30.2. The van der Waals surface area contributed by atoms with E-state index in [9.17, 15) is 24.9 Å². The van der Waals surface area contributed by atoms with Crippen molar-refractivity contribution in [1.29, 1.82) is 0 Å². The Labute approximate surface area is 247 Å². The molecule has 42 heavy (non-hydrogen) atoms. The van der Waals surface area contributed by atoms with E-state index >= 15 is 0 Å². The number of hydrogen-bond acceptors (Lipinski definition) is 9. The summed E-state index contributed by atoms with van der Waals surface area (Å²) in [5.41, 5.74) is 3.71. The monoisotopic (exact) mass is 581 g/mol. The van der Waals surface area contributed by atoms with Gasteiger partial charge in [0, 0.05) is 26.3 Å². The van der Waals surface area contributed by atoms with Crippen LogP contribution in [0.2, 0.25) is 0 Å². The Bertz CT molecular complexity index is 1290. The molecule has 0 heterocycles. The molecule has 2 aromatic rings. The van der Waals surface area contributed by atoms with Gasteiger partial charge in [-0.05, 0) is 90.0 Å². The second-order valence-electron chi connectivity index (χ2n) is 11.3. The van der Waals surface area contributed by atoms with Crippen molar-refractivity contribution >= 4 is 17.3 Å². The lowest BCUT2D eigenvalue weighted by atomic mass is 9.69. The summed E-state index contributed by atoms with van der Waals surface area (Å²) in [4.78, 5) is 25.7. The molecule has 1 fully saturated rings. The number of rotatable bonds is 13. The molecule has 9 nitrogen and oxygen atoms in total. The van der Waals surface area contributed by atoms with Crippen molar-refractivity contribution in [3.8, 4) is 23.0 Å².